The Hall–Kier alpha value is -3.93. The van der Waals surface area contributed by atoms with Crippen molar-refractivity contribution in [1.82, 2.24) is 15.3 Å². The molecule has 0 aliphatic carbocycles. The zero-order chi connectivity index (χ0) is 20.9. The van der Waals surface area contributed by atoms with Crippen LogP contribution in [0.5, 0.6) is 0 Å². The lowest BCUT2D eigenvalue weighted by Crippen LogP contribution is -2.28. The topological polar surface area (TPSA) is 86.9 Å². The van der Waals surface area contributed by atoms with E-state index in [0.717, 1.165) is 22.0 Å². The van der Waals surface area contributed by atoms with E-state index in [9.17, 15) is 9.59 Å². The summed E-state index contributed by atoms with van der Waals surface area (Å²) in [6.45, 7) is 1.94. The third-order valence-corrected chi connectivity index (χ3v) is 5.01. The highest BCUT2D eigenvalue weighted by Crippen LogP contribution is 2.20. The number of rotatable bonds is 6. The first kappa shape index (κ1) is 19.4. The molecule has 4 aromatic rings. The number of fused-ring (bicyclic) bond motifs is 1. The van der Waals surface area contributed by atoms with Gasteiger partial charge in [0.25, 0.3) is 5.91 Å². The van der Waals surface area contributed by atoms with Gasteiger partial charge in [-0.15, -0.1) is 0 Å². The van der Waals surface area contributed by atoms with Crippen LogP contribution in [0, 0.1) is 0 Å². The molecule has 0 saturated heterocycles. The fraction of sp³-hybridized carbons (Fsp3) is 0.125. The lowest BCUT2D eigenvalue weighted by atomic mass is 10.1. The number of nitrogens with one attached hydrogen (secondary N) is 3. The number of pyridine rings is 1. The summed E-state index contributed by atoms with van der Waals surface area (Å²) < 4.78 is 0. The van der Waals surface area contributed by atoms with Crippen molar-refractivity contribution in [3.05, 3.63) is 95.9 Å². The van der Waals surface area contributed by atoms with Crippen LogP contribution < -0.4 is 10.6 Å². The highest BCUT2D eigenvalue weighted by atomic mass is 16.2. The van der Waals surface area contributed by atoms with Crippen LogP contribution in [-0.2, 0) is 11.2 Å². The molecule has 0 fully saturated rings. The molecule has 0 radical (unpaired) electrons. The Bertz CT molecular complexity index is 1170. The molecule has 1 unspecified atom stereocenters. The fourth-order valence-corrected chi connectivity index (χ4v) is 3.39. The van der Waals surface area contributed by atoms with Gasteiger partial charge >= 0.3 is 0 Å². The van der Waals surface area contributed by atoms with Crippen molar-refractivity contribution >= 4 is 28.4 Å². The van der Waals surface area contributed by atoms with Gasteiger partial charge in [-0.05, 0) is 48.4 Å². The average Bonchev–Trinajstić information content (AvgIpc) is 3.17. The summed E-state index contributed by atoms with van der Waals surface area (Å²) in [7, 11) is 0. The van der Waals surface area contributed by atoms with Gasteiger partial charge in [-0.3, -0.25) is 14.6 Å². The van der Waals surface area contributed by atoms with Crippen molar-refractivity contribution < 1.29 is 9.59 Å². The number of para-hydroxylation sites is 1. The Kier molecular flexibility index (Phi) is 5.57. The molecular formula is C24H22N4O2. The first-order valence-electron chi connectivity index (χ1n) is 9.76. The van der Waals surface area contributed by atoms with Crippen LogP contribution in [0.4, 0.5) is 5.69 Å². The number of anilines is 1. The summed E-state index contributed by atoms with van der Waals surface area (Å²) in [4.78, 5) is 31.8. The third kappa shape index (κ3) is 4.38. The number of aromatic nitrogens is 2. The van der Waals surface area contributed by atoms with E-state index in [1.807, 2.05) is 61.7 Å². The predicted molar refractivity (Wildman–Crippen MR) is 117 cm³/mol. The van der Waals surface area contributed by atoms with Crippen molar-refractivity contribution in [2.45, 2.75) is 19.4 Å². The van der Waals surface area contributed by atoms with Crippen LogP contribution in [0.15, 0.2) is 79.3 Å². The van der Waals surface area contributed by atoms with Gasteiger partial charge in [-0.25, -0.2) is 0 Å². The van der Waals surface area contributed by atoms with E-state index in [-0.39, 0.29) is 17.9 Å². The van der Waals surface area contributed by atoms with Crippen molar-refractivity contribution in [2.24, 2.45) is 0 Å². The van der Waals surface area contributed by atoms with Crippen molar-refractivity contribution in [2.75, 3.05) is 5.32 Å². The summed E-state index contributed by atoms with van der Waals surface area (Å²) in [6.07, 6.45) is 5.36. The molecule has 1 atom stereocenters. The first-order valence-corrected chi connectivity index (χ1v) is 9.76. The van der Waals surface area contributed by atoms with Crippen LogP contribution in [-0.4, -0.2) is 21.8 Å². The number of amides is 2. The molecule has 0 saturated carbocycles. The molecule has 0 bridgehead atoms. The molecule has 3 N–H and O–H groups in total. The lowest BCUT2D eigenvalue weighted by molar-refractivity contribution is -0.121. The number of hydrogen-bond donors (Lipinski definition) is 3. The molecule has 2 aromatic carbocycles. The molecule has 30 heavy (non-hydrogen) atoms. The quantitative estimate of drug-likeness (QED) is 0.454. The molecule has 2 aromatic heterocycles. The highest BCUT2D eigenvalue weighted by Gasteiger charge is 2.13. The minimum absolute atomic E-state index is 0.0395. The second-order valence-corrected chi connectivity index (χ2v) is 7.14. The molecular weight excluding hydrogens is 376 g/mol. The molecule has 0 spiro atoms. The Morgan fingerprint density at radius 2 is 1.73 bits per heavy atom. The van der Waals surface area contributed by atoms with E-state index in [2.05, 4.69) is 20.6 Å². The smallest absolute Gasteiger partial charge is 0.255 e. The molecule has 150 valence electrons. The van der Waals surface area contributed by atoms with Gasteiger partial charge in [0.2, 0.25) is 5.91 Å². The van der Waals surface area contributed by atoms with E-state index in [1.54, 1.807) is 24.5 Å². The van der Waals surface area contributed by atoms with E-state index >= 15 is 0 Å². The van der Waals surface area contributed by atoms with Gasteiger partial charge in [0, 0.05) is 40.7 Å². The van der Waals surface area contributed by atoms with Crippen molar-refractivity contribution in [1.29, 1.82) is 0 Å². The number of hydrogen-bond acceptors (Lipinski definition) is 3. The van der Waals surface area contributed by atoms with Gasteiger partial charge in [0.15, 0.2) is 0 Å². The average molecular weight is 398 g/mol. The van der Waals surface area contributed by atoms with Crippen LogP contribution in [0.2, 0.25) is 0 Å². The second kappa shape index (κ2) is 8.61. The van der Waals surface area contributed by atoms with Gasteiger partial charge < -0.3 is 15.6 Å². The standard InChI is InChI=1S/C24H22N4O2/c1-16(27-23(29)14-19-15-26-22-5-3-2-4-21(19)22)17-6-8-20(9-7-17)28-24(30)18-10-12-25-13-11-18/h2-13,15-16,26H,14H2,1H3,(H,27,29)(H,28,30). The molecule has 0 aliphatic heterocycles. The number of carbonyl (C=O) groups excluding carboxylic acids is 2. The maximum Gasteiger partial charge on any atom is 0.255 e. The Morgan fingerprint density at radius 3 is 2.50 bits per heavy atom. The Balaban J connectivity index is 1.36. The largest absolute Gasteiger partial charge is 0.361 e. The van der Waals surface area contributed by atoms with Gasteiger partial charge in [-0.2, -0.15) is 0 Å². The zero-order valence-corrected chi connectivity index (χ0v) is 16.6. The maximum atomic E-state index is 12.5. The van der Waals surface area contributed by atoms with Gasteiger partial charge in [-0.1, -0.05) is 30.3 Å². The maximum absolute atomic E-state index is 12.5. The number of aromatic amines is 1. The molecule has 6 nitrogen and oxygen atoms in total. The SMILES string of the molecule is CC(NC(=O)Cc1c[nH]c2ccccc12)c1ccc(NC(=O)c2ccncc2)cc1. The fourth-order valence-electron chi connectivity index (χ4n) is 3.39. The molecule has 4 rings (SSSR count). The summed E-state index contributed by atoms with van der Waals surface area (Å²) in [6, 6.07) is 18.6. The molecule has 2 heterocycles. The number of benzene rings is 2. The van der Waals surface area contributed by atoms with Gasteiger partial charge in [0.05, 0.1) is 12.5 Å². The number of carbonyl (C=O) groups is 2. The van der Waals surface area contributed by atoms with E-state index in [1.165, 1.54) is 0 Å². The monoisotopic (exact) mass is 398 g/mol. The van der Waals surface area contributed by atoms with Crippen LogP contribution in [0.3, 0.4) is 0 Å². The van der Waals surface area contributed by atoms with E-state index < -0.39 is 0 Å². The zero-order valence-electron chi connectivity index (χ0n) is 16.6. The minimum Gasteiger partial charge on any atom is -0.361 e. The number of H-pyrrole nitrogens is 1. The molecule has 0 aliphatic rings. The predicted octanol–water partition coefficient (Wildman–Crippen LogP) is 4.24. The highest BCUT2D eigenvalue weighted by molar-refractivity contribution is 6.04. The van der Waals surface area contributed by atoms with E-state index in [4.69, 9.17) is 0 Å². The van der Waals surface area contributed by atoms with Crippen LogP contribution in [0.1, 0.15) is 34.5 Å². The summed E-state index contributed by atoms with van der Waals surface area (Å²) in [5.41, 5.74) is 4.20. The Morgan fingerprint density at radius 1 is 1.00 bits per heavy atom. The van der Waals surface area contributed by atoms with Crippen LogP contribution >= 0.6 is 0 Å². The summed E-state index contributed by atoms with van der Waals surface area (Å²) >= 11 is 0. The minimum atomic E-state index is -0.190. The summed E-state index contributed by atoms with van der Waals surface area (Å²) in [5, 5.41) is 6.96. The lowest BCUT2D eigenvalue weighted by Gasteiger charge is -2.15. The van der Waals surface area contributed by atoms with Crippen molar-refractivity contribution in [3.8, 4) is 0 Å². The van der Waals surface area contributed by atoms with Gasteiger partial charge in [0.1, 0.15) is 0 Å². The Labute approximate surface area is 174 Å². The normalized spacial score (nSPS) is 11.8. The van der Waals surface area contributed by atoms with E-state index in [0.29, 0.717) is 17.7 Å². The first-order chi connectivity index (χ1) is 14.6. The molecule has 2 amide bonds. The van der Waals surface area contributed by atoms with Crippen molar-refractivity contribution in [3.63, 3.8) is 0 Å². The third-order valence-electron chi connectivity index (χ3n) is 5.01. The summed E-state index contributed by atoms with van der Waals surface area (Å²) in [5.74, 6) is -0.229. The van der Waals surface area contributed by atoms with Crippen LogP contribution in [0.25, 0.3) is 10.9 Å². The molecule has 6 heteroatoms. The second-order valence-electron chi connectivity index (χ2n) is 7.14. The number of nitrogens with zero attached hydrogens (tertiary/aromatic N) is 1.